The first-order valence-corrected chi connectivity index (χ1v) is 9.95. The van der Waals surface area contributed by atoms with Crippen LogP contribution in [0.15, 0.2) is 83.9 Å². The van der Waals surface area contributed by atoms with Crippen LogP contribution in [0.4, 0.5) is 11.4 Å². The monoisotopic (exact) mass is 394 g/mol. The van der Waals surface area contributed by atoms with Crippen molar-refractivity contribution < 1.29 is 9.47 Å². The van der Waals surface area contributed by atoms with Crippen LogP contribution in [0.3, 0.4) is 0 Å². The molecule has 4 nitrogen and oxygen atoms in total. The number of methoxy groups -OCH3 is 1. The van der Waals surface area contributed by atoms with Gasteiger partial charge in [-0.15, -0.1) is 0 Å². The predicted molar refractivity (Wildman–Crippen MR) is 122 cm³/mol. The van der Waals surface area contributed by atoms with Crippen LogP contribution in [0, 0.1) is 6.92 Å². The van der Waals surface area contributed by atoms with Crippen molar-refractivity contribution in [2.45, 2.75) is 13.5 Å². The summed E-state index contributed by atoms with van der Waals surface area (Å²) in [6.45, 7) is 2.55. The van der Waals surface area contributed by atoms with Gasteiger partial charge >= 0.3 is 0 Å². The summed E-state index contributed by atoms with van der Waals surface area (Å²) in [5, 5.41) is 5.80. The minimum Gasteiger partial charge on any atom is -0.493 e. The van der Waals surface area contributed by atoms with Crippen molar-refractivity contribution in [3.8, 4) is 11.5 Å². The van der Waals surface area contributed by atoms with E-state index in [1.807, 2.05) is 30.3 Å². The molecule has 1 heterocycles. The molecule has 0 radical (unpaired) electrons. The van der Waals surface area contributed by atoms with Crippen molar-refractivity contribution in [1.82, 2.24) is 0 Å². The highest BCUT2D eigenvalue weighted by Crippen LogP contribution is 2.37. The van der Waals surface area contributed by atoms with E-state index in [0.717, 1.165) is 33.7 Å². The standard InChI is InChI=1S/C26H22N2O2/c1-17-9-11-18(12-10-17)16-30-24-15-20(13-14-23(24)29-2)26-27-21-7-3-5-19-6-4-8-22(28-26)25(19)21/h3-15H,16H2,1-2H3,(H,27,28). The average molecular weight is 394 g/mol. The second-order valence-corrected chi connectivity index (χ2v) is 7.41. The number of rotatable bonds is 5. The predicted octanol–water partition coefficient (Wildman–Crippen LogP) is 6.24. The minimum atomic E-state index is 0.474. The third kappa shape index (κ3) is 3.37. The van der Waals surface area contributed by atoms with Crippen molar-refractivity contribution in [1.29, 1.82) is 0 Å². The lowest BCUT2D eigenvalue weighted by Crippen LogP contribution is -2.16. The normalized spacial score (nSPS) is 12.3. The highest BCUT2D eigenvalue weighted by atomic mass is 16.5. The smallest absolute Gasteiger partial charge is 0.162 e. The van der Waals surface area contributed by atoms with Crippen LogP contribution < -0.4 is 14.8 Å². The number of anilines is 1. The molecule has 1 aliphatic rings. The molecule has 1 N–H and O–H groups in total. The molecule has 30 heavy (non-hydrogen) atoms. The lowest BCUT2D eigenvalue weighted by atomic mass is 10.0. The summed E-state index contributed by atoms with van der Waals surface area (Å²) in [6, 6.07) is 26.7. The van der Waals surface area contributed by atoms with E-state index in [4.69, 9.17) is 14.5 Å². The second-order valence-electron chi connectivity index (χ2n) is 7.41. The molecule has 0 atom stereocenters. The molecular formula is C26H22N2O2. The fraction of sp³-hybridized carbons (Fsp3) is 0.115. The molecule has 1 aliphatic heterocycles. The second kappa shape index (κ2) is 7.56. The van der Waals surface area contributed by atoms with E-state index in [1.165, 1.54) is 10.9 Å². The van der Waals surface area contributed by atoms with E-state index in [2.05, 4.69) is 60.8 Å². The van der Waals surface area contributed by atoms with Gasteiger partial charge in [-0.25, -0.2) is 4.99 Å². The quantitative estimate of drug-likeness (QED) is 0.436. The Labute approximate surface area is 175 Å². The van der Waals surface area contributed by atoms with E-state index in [-0.39, 0.29) is 0 Å². The Morgan fingerprint density at radius 3 is 2.47 bits per heavy atom. The van der Waals surface area contributed by atoms with Crippen LogP contribution >= 0.6 is 0 Å². The summed E-state index contributed by atoms with van der Waals surface area (Å²) >= 11 is 0. The molecule has 0 saturated heterocycles. The van der Waals surface area contributed by atoms with Gasteiger partial charge in [-0.05, 0) is 48.2 Å². The summed E-state index contributed by atoms with van der Waals surface area (Å²) in [4.78, 5) is 4.87. The van der Waals surface area contributed by atoms with Crippen LogP contribution in [0.5, 0.6) is 11.5 Å². The molecule has 4 aromatic carbocycles. The van der Waals surface area contributed by atoms with Crippen LogP contribution in [-0.2, 0) is 6.61 Å². The first-order chi connectivity index (χ1) is 14.7. The molecule has 4 heteroatoms. The van der Waals surface area contributed by atoms with Gasteiger partial charge in [0.15, 0.2) is 11.5 Å². The van der Waals surface area contributed by atoms with Crippen LogP contribution in [0.1, 0.15) is 16.7 Å². The molecule has 0 aliphatic carbocycles. The van der Waals surface area contributed by atoms with Crippen LogP contribution in [0.25, 0.3) is 10.8 Å². The fourth-order valence-corrected chi connectivity index (χ4v) is 3.71. The summed E-state index contributed by atoms with van der Waals surface area (Å²) in [6.07, 6.45) is 0. The molecule has 0 fully saturated rings. The SMILES string of the molecule is COc1ccc(C2=Nc3cccc4cccc(c34)N2)cc1OCc1ccc(C)cc1. The zero-order valence-electron chi connectivity index (χ0n) is 17.0. The molecule has 0 amide bonds. The van der Waals surface area contributed by atoms with Gasteiger partial charge < -0.3 is 14.8 Å². The molecule has 0 bridgehead atoms. The lowest BCUT2D eigenvalue weighted by molar-refractivity contribution is 0.284. The number of benzene rings is 4. The first-order valence-electron chi connectivity index (χ1n) is 9.95. The Hall–Kier alpha value is -3.79. The van der Waals surface area contributed by atoms with Crippen molar-refractivity contribution in [3.63, 3.8) is 0 Å². The Bertz CT molecular complexity index is 1250. The maximum absolute atomic E-state index is 6.10. The molecule has 0 spiro atoms. The Morgan fingerprint density at radius 2 is 1.67 bits per heavy atom. The van der Waals surface area contributed by atoms with Gasteiger partial charge in [0.1, 0.15) is 12.4 Å². The van der Waals surface area contributed by atoms with Crippen molar-refractivity contribution >= 4 is 28.0 Å². The molecule has 148 valence electrons. The Kier molecular flexibility index (Phi) is 4.60. The van der Waals surface area contributed by atoms with Gasteiger partial charge in [-0.2, -0.15) is 0 Å². The van der Waals surface area contributed by atoms with Crippen molar-refractivity contribution in [2.75, 3.05) is 12.4 Å². The summed E-state index contributed by atoms with van der Waals surface area (Å²) in [7, 11) is 1.65. The summed E-state index contributed by atoms with van der Waals surface area (Å²) < 4.78 is 11.6. The zero-order chi connectivity index (χ0) is 20.5. The van der Waals surface area contributed by atoms with Crippen molar-refractivity contribution in [3.05, 3.63) is 95.6 Å². The van der Waals surface area contributed by atoms with Crippen molar-refractivity contribution in [2.24, 2.45) is 4.99 Å². The van der Waals surface area contributed by atoms with Gasteiger partial charge in [0, 0.05) is 16.6 Å². The Balaban J connectivity index is 1.48. The van der Waals surface area contributed by atoms with Crippen LogP contribution in [0.2, 0.25) is 0 Å². The summed E-state index contributed by atoms with van der Waals surface area (Å²) in [5.41, 5.74) is 5.32. The van der Waals surface area contributed by atoms with E-state index in [0.29, 0.717) is 18.1 Å². The highest BCUT2D eigenvalue weighted by Gasteiger charge is 2.17. The maximum atomic E-state index is 6.10. The zero-order valence-corrected chi connectivity index (χ0v) is 17.0. The third-order valence-electron chi connectivity index (χ3n) is 5.32. The number of ether oxygens (including phenoxy) is 2. The number of hydrogen-bond donors (Lipinski definition) is 1. The van der Waals surface area contributed by atoms with E-state index in [9.17, 15) is 0 Å². The Morgan fingerprint density at radius 1 is 0.867 bits per heavy atom. The maximum Gasteiger partial charge on any atom is 0.162 e. The van der Waals surface area contributed by atoms with Gasteiger partial charge in [-0.1, -0.05) is 54.1 Å². The molecule has 0 aromatic heterocycles. The average Bonchev–Trinajstić information content (AvgIpc) is 2.79. The van der Waals surface area contributed by atoms with Gasteiger partial charge in [0.05, 0.1) is 12.8 Å². The number of hydrogen-bond acceptors (Lipinski definition) is 4. The number of nitrogens with zero attached hydrogens (tertiary/aromatic N) is 1. The molecule has 0 unspecified atom stereocenters. The lowest BCUT2D eigenvalue weighted by Gasteiger charge is -2.20. The molecule has 4 aromatic rings. The van der Waals surface area contributed by atoms with E-state index in [1.54, 1.807) is 7.11 Å². The fourth-order valence-electron chi connectivity index (χ4n) is 3.71. The number of nitrogens with one attached hydrogen (secondary N) is 1. The van der Waals surface area contributed by atoms with Crippen LogP contribution in [-0.4, -0.2) is 12.9 Å². The third-order valence-corrected chi connectivity index (χ3v) is 5.32. The van der Waals surface area contributed by atoms with Gasteiger partial charge in [0.2, 0.25) is 0 Å². The van der Waals surface area contributed by atoms with E-state index >= 15 is 0 Å². The first kappa shape index (κ1) is 18.3. The topological polar surface area (TPSA) is 42.8 Å². The number of aryl methyl sites for hydroxylation is 1. The highest BCUT2D eigenvalue weighted by molar-refractivity contribution is 6.19. The molecular weight excluding hydrogens is 372 g/mol. The molecule has 5 rings (SSSR count). The largest absolute Gasteiger partial charge is 0.493 e. The number of aliphatic imine (C=N–C) groups is 1. The minimum absolute atomic E-state index is 0.474. The van der Waals surface area contributed by atoms with E-state index < -0.39 is 0 Å². The summed E-state index contributed by atoms with van der Waals surface area (Å²) in [5.74, 6) is 2.19. The van der Waals surface area contributed by atoms with Gasteiger partial charge in [0.25, 0.3) is 0 Å². The number of amidine groups is 1. The van der Waals surface area contributed by atoms with Gasteiger partial charge in [-0.3, -0.25) is 0 Å². The molecule has 0 saturated carbocycles.